The van der Waals surface area contributed by atoms with Gasteiger partial charge in [0.1, 0.15) is 0 Å². The second-order valence-electron chi connectivity index (χ2n) is 4.43. The lowest BCUT2D eigenvalue weighted by atomic mass is 10.1. The van der Waals surface area contributed by atoms with E-state index in [-0.39, 0.29) is 5.91 Å². The van der Waals surface area contributed by atoms with E-state index in [1.54, 1.807) is 5.48 Å². The van der Waals surface area contributed by atoms with Crippen molar-refractivity contribution in [3.63, 3.8) is 0 Å². The molecule has 1 rings (SSSR count). The number of carbonyl (C=O) groups excluding carboxylic acids is 1. The SMILES string of the molecule is CCOc1ccccc1OCCCCCCC(=O)NO. The molecule has 0 heterocycles. The second-order valence-corrected chi connectivity index (χ2v) is 4.43. The van der Waals surface area contributed by atoms with Crippen molar-refractivity contribution in [1.82, 2.24) is 5.48 Å². The van der Waals surface area contributed by atoms with Gasteiger partial charge in [-0.25, -0.2) is 5.48 Å². The molecule has 112 valence electrons. The molecule has 0 aromatic heterocycles. The maximum absolute atomic E-state index is 10.8. The van der Waals surface area contributed by atoms with E-state index in [0.717, 1.165) is 37.2 Å². The number of carbonyl (C=O) groups is 1. The Labute approximate surface area is 119 Å². The standard InChI is InChI=1S/C15H23NO4/c1-2-19-13-9-6-7-10-14(13)20-12-8-4-3-5-11-15(17)16-18/h6-7,9-10,18H,2-5,8,11-12H2,1H3,(H,16,17). The molecule has 5 heteroatoms. The van der Waals surface area contributed by atoms with E-state index < -0.39 is 0 Å². The summed E-state index contributed by atoms with van der Waals surface area (Å²) in [6.45, 7) is 3.20. The second kappa shape index (κ2) is 10.1. The average Bonchev–Trinajstić information content (AvgIpc) is 2.47. The molecule has 1 amide bonds. The molecule has 0 radical (unpaired) electrons. The van der Waals surface area contributed by atoms with Gasteiger partial charge in [-0.2, -0.15) is 0 Å². The Balaban J connectivity index is 2.13. The lowest BCUT2D eigenvalue weighted by Gasteiger charge is -2.11. The van der Waals surface area contributed by atoms with E-state index in [9.17, 15) is 4.79 Å². The van der Waals surface area contributed by atoms with Crippen LogP contribution in [0.5, 0.6) is 11.5 Å². The van der Waals surface area contributed by atoms with Gasteiger partial charge in [-0.05, 0) is 31.9 Å². The number of ether oxygens (including phenoxy) is 2. The molecular formula is C15H23NO4. The van der Waals surface area contributed by atoms with E-state index in [1.807, 2.05) is 31.2 Å². The zero-order valence-electron chi connectivity index (χ0n) is 11.9. The van der Waals surface area contributed by atoms with Crippen LogP contribution in [0, 0.1) is 0 Å². The highest BCUT2D eigenvalue weighted by Gasteiger charge is 2.03. The molecule has 0 bridgehead atoms. The van der Waals surface area contributed by atoms with Crippen molar-refractivity contribution in [3.8, 4) is 11.5 Å². The van der Waals surface area contributed by atoms with Crippen LogP contribution in [0.3, 0.4) is 0 Å². The minimum absolute atomic E-state index is 0.327. The minimum atomic E-state index is -0.327. The molecular weight excluding hydrogens is 258 g/mol. The lowest BCUT2D eigenvalue weighted by molar-refractivity contribution is -0.129. The third-order valence-corrected chi connectivity index (χ3v) is 2.83. The number of nitrogens with one attached hydrogen (secondary N) is 1. The Morgan fingerprint density at radius 2 is 1.75 bits per heavy atom. The molecule has 1 aromatic rings. The molecule has 1 aromatic carbocycles. The van der Waals surface area contributed by atoms with Crippen LogP contribution in [0.25, 0.3) is 0 Å². The average molecular weight is 281 g/mol. The van der Waals surface area contributed by atoms with Gasteiger partial charge in [-0.15, -0.1) is 0 Å². The largest absolute Gasteiger partial charge is 0.490 e. The number of hydrogen-bond donors (Lipinski definition) is 2. The molecule has 0 spiro atoms. The van der Waals surface area contributed by atoms with Crippen LogP contribution < -0.4 is 15.0 Å². The number of amides is 1. The third-order valence-electron chi connectivity index (χ3n) is 2.83. The molecule has 20 heavy (non-hydrogen) atoms. The molecule has 0 aliphatic carbocycles. The zero-order valence-corrected chi connectivity index (χ0v) is 11.9. The van der Waals surface area contributed by atoms with E-state index in [1.165, 1.54) is 0 Å². The smallest absolute Gasteiger partial charge is 0.243 e. The first-order valence-corrected chi connectivity index (χ1v) is 7.05. The third kappa shape index (κ3) is 6.43. The van der Waals surface area contributed by atoms with Crippen LogP contribution in [0.1, 0.15) is 39.0 Å². The summed E-state index contributed by atoms with van der Waals surface area (Å²) in [4.78, 5) is 10.8. The summed E-state index contributed by atoms with van der Waals surface area (Å²) in [5.41, 5.74) is 1.63. The summed E-state index contributed by atoms with van der Waals surface area (Å²) < 4.78 is 11.2. The minimum Gasteiger partial charge on any atom is -0.490 e. The fourth-order valence-corrected chi connectivity index (χ4v) is 1.82. The fraction of sp³-hybridized carbons (Fsp3) is 0.533. The highest BCUT2D eigenvalue weighted by atomic mass is 16.5. The summed E-state index contributed by atoms with van der Waals surface area (Å²) in [6.07, 6.45) is 4.02. The quantitative estimate of drug-likeness (QED) is 0.393. The van der Waals surface area contributed by atoms with Gasteiger partial charge < -0.3 is 9.47 Å². The zero-order chi connectivity index (χ0) is 14.6. The first-order chi connectivity index (χ1) is 9.77. The number of hydrogen-bond acceptors (Lipinski definition) is 4. The van der Waals surface area contributed by atoms with Crippen LogP contribution in [0.4, 0.5) is 0 Å². The van der Waals surface area contributed by atoms with E-state index in [4.69, 9.17) is 14.7 Å². The van der Waals surface area contributed by atoms with E-state index in [2.05, 4.69) is 0 Å². The molecule has 0 saturated heterocycles. The highest BCUT2D eigenvalue weighted by Crippen LogP contribution is 2.26. The first kappa shape index (κ1) is 16.3. The first-order valence-electron chi connectivity index (χ1n) is 7.05. The number of hydroxylamine groups is 1. The molecule has 0 unspecified atom stereocenters. The molecule has 0 saturated carbocycles. The Morgan fingerprint density at radius 3 is 2.40 bits per heavy atom. The van der Waals surface area contributed by atoms with Gasteiger partial charge in [0.25, 0.3) is 0 Å². The predicted octanol–water partition coefficient (Wildman–Crippen LogP) is 2.92. The van der Waals surface area contributed by atoms with Gasteiger partial charge in [0, 0.05) is 6.42 Å². The Bertz CT molecular complexity index is 395. The molecule has 2 N–H and O–H groups in total. The van der Waals surface area contributed by atoms with Gasteiger partial charge >= 0.3 is 0 Å². The number of para-hydroxylation sites is 2. The fourth-order valence-electron chi connectivity index (χ4n) is 1.82. The van der Waals surface area contributed by atoms with Crippen molar-refractivity contribution in [2.24, 2.45) is 0 Å². The Kier molecular flexibility index (Phi) is 8.22. The van der Waals surface area contributed by atoms with Gasteiger partial charge in [0.15, 0.2) is 11.5 Å². The Hall–Kier alpha value is -1.75. The van der Waals surface area contributed by atoms with Gasteiger partial charge in [-0.3, -0.25) is 10.0 Å². The highest BCUT2D eigenvalue weighted by molar-refractivity contribution is 5.74. The van der Waals surface area contributed by atoms with Gasteiger partial charge in [0.05, 0.1) is 13.2 Å². The summed E-state index contributed by atoms with van der Waals surface area (Å²) in [5.74, 6) is 1.22. The summed E-state index contributed by atoms with van der Waals surface area (Å²) in [6, 6.07) is 7.64. The van der Waals surface area contributed by atoms with E-state index >= 15 is 0 Å². The number of rotatable bonds is 10. The maximum atomic E-state index is 10.8. The molecule has 5 nitrogen and oxygen atoms in total. The van der Waals surface area contributed by atoms with Crippen LogP contribution in [0.15, 0.2) is 24.3 Å². The van der Waals surface area contributed by atoms with Crippen LogP contribution in [-0.4, -0.2) is 24.3 Å². The topological polar surface area (TPSA) is 67.8 Å². The van der Waals surface area contributed by atoms with Crippen molar-refractivity contribution in [2.75, 3.05) is 13.2 Å². The molecule has 0 fully saturated rings. The molecule has 0 aliphatic rings. The van der Waals surface area contributed by atoms with Gasteiger partial charge in [0.2, 0.25) is 5.91 Å². The predicted molar refractivity (Wildman–Crippen MR) is 76.1 cm³/mol. The number of benzene rings is 1. The van der Waals surface area contributed by atoms with Crippen molar-refractivity contribution in [2.45, 2.75) is 39.0 Å². The van der Waals surface area contributed by atoms with Gasteiger partial charge in [-0.1, -0.05) is 25.0 Å². The summed E-state index contributed by atoms with van der Waals surface area (Å²) in [5, 5.41) is 8.34. The lowest BCUT2D eigenvalue weighted by Crippen LogP contribution is -2.17. The normalized spacial score (nSPS) is 10.1. The van der Waals surface area contributed by atoms with Crippen molar-refractivity contribution < 1.29 is 19.5 Å². The monoisotopic (exact) mass is 281 g/mol. The molecule has 0 aliphatic heterocycles. The number of unbranched alkanes of at least 4 members (excludes halogenated alkanes) is 3. The van der Waals surface area contributed by atoms with Crippen LogP contribution >= 0.6 is 0 Å². The van der Waals surface area contributed by atoms with E-state index in [0.29, 0.717) is 19.6 Å². The summed E-state index contributed by atoms with van der Waals surface area (Å²) in [7, 11) is 0. The molecule has 0 atom stereocenters. The van der Waals surface area contributed by atoms with Crippen molar-refractivity contribution in [1.29, 1.82) is 0 Å². The van der Waals surface area contributed by atoms with Crippen LogP contribution in [-0.2, 0) is 4.79 Å². The van der Waals surface area contributed by atoms with Crippen molar-refractivity contribution >= 4 is 5.91 Å². The van der Waals surface area contributed by atoms with Crippen LogP contribution in [0.2, 0.25) is 0 Å². The van der Waals surface area contributed by atoms with Crippen molar-refractivity contribution in [3.05, 3.63) is 24.3 Å². The maximum Gasteiger partial charge on any atom is 0.243 e. The Morgan fingerprint density at radius 1 is 1.10 bits per heavy atom. The summed E-state index contributed by atoms with van der Waals surface area (Å²) >= 11 is 0.